The van der Waals surface area contributed by atoms with Gasteiger partial charge in [-0.1, -0.05) is 17.7 Å². The zero-order chi connectivity index (χ0) is 43.0. The van der Waals surface area contributed by atoms with Crippen molar-refractivity contribution in [1.29, 1.82) is 31.6 Å². The number of hydrogen-bond acceptors (Lipinski definition) is 17. The number of rotatable bonds is 2. The van der Waals surface area contributed by atoms with E-state index in [1.165, 1.54) is 32.4 Å². The molecule has 3 aliphatic carbocycles. The van der Waals surface area contributed by atoms with Crippen LogP contribution in [-0.2, 0) is 0 Å². The van der Waals surface area contributed by atoms with Crippen molar-refractivity contribution in [1.82, 2.24) is 29.9 Å². The van der Waals surface area contributed by atoms with E-state index in [1.807, 2.05) is 6.07 Å². The van der Waals surface area contributed by atoms with Gasteiger partial charge in [0.2, 0.25) is 17.3 Å². The molecule has 3 aliphatic rings. The molecule has 3 aromatic heterocycles. The third-order valence-corrected chi connectivity index (χ3v) is 9.20. The van der Waals surface area contributed by atoms with Gasteiger partial charge in [0, 0.05) is 27.3 Å². The summed E-state index contributed by atoms with van der Waals surface area (Å²) in [5.41, 5.74) is 2.22. The van der Waals surface area contributed by atoms with Crippen LogP contribution < -0.4 is 9.47 Å². The highest BCUT2D eigenvalue weighted by atomic mass is 35.5. The van der Waals surface area contributed by atoms with Crippen molar-refractivity contribution in [3.8, 4) is 81.7 Å². The van der Waals surface area contributed by atoms with Gasteiger partial charge in [-0.05, 0) is 42.5 Å². The first-order valence-electron chi connectivity index (χ1n) is 16.6. The summed E-state index contributed by atoms with van der Waals surface area (Å²) in [6, 6.07) is 22.4. The van der Waals surface area contributed by atoms with Crippen LogP contribution in [0.4, 0.5) is 4.39 Å². The van der Waals surface area contributed by atoms with E-state index in [1.54, 1.807) is 54.6 Å². The molecule has 0 amide bonds. The predicted molar refractivity (Wildman–Crippen MR) is 199 cm³/mol. The number of hydrogen-bond donors (Lipinski definition) is 0. The fourth-order valence-electron chi connectivity index (χ4n) is 6.36. The van der Waals surface area contributed by atoms with Gasteiger partial charge >= 0.3 is 0 Å². The number of carbonyl (C=O) groups is 3. The fourth-order valence-corrected chi connectivity index (χ4v) is 6.53. The van der Waals surface area contributed by atoms with Gasteiger partial charge < -0.3 is 9.47 Å². The van der Waals surface area contributed by atoms with Gasteiger partial charge in [0.1, 0.15) is 87.9 Å². The molecule has 0 fully saturated rings. The Balaban J connectivity index is 0.000000137. The number of methoxy groups -OCH3 is 2. The lowest BCUT2D eigenvalue weighted by Gasteiger charge is -2.10. The molecule has 0 bridgehead atoms. The summed E-state index contributed by atoms with van der Waals surface area (Å²) in [6.07, 6.45) is 0. The van der Waals surface area contributed by atoms with Crippen LogP contribution >= 0.6 is 11.6 Å². The molecule has 60 heavy (non-hydrogen) atoms. The van der Waals surface area contributed by atoms with Crippen LogP contribution in [0.15, 0.2) is 48.5 Å². The van der Waals surface area contributed by atoms with Gasteiger partial charge in [-0.15, -0.1) is 0 Å². The van der Waals surface area contributed by atoms with Crippen LogP contribution in [0, 0.1) is 73.8 Å². The minimum absolute atomic E-state index is 0.0175. The molecule has 0 spiro atoms. The maximum Gasteiger partial charge on any atom is 0.218 e. The molecule has 19 heteroatoms. The average Bonchev–Trinajstić information content (AvgIpc) is 3.83. The van der Waals surface area contributed by atoms with Gasteiger partial charge in [0.25, 0.3) is 0 Å². The Bertz CT molecular complexity index is 3120. The molecule has 9 rings (SSSR count). The molecule has 0 saturated heterocycles. The van der Waals surface area contributed by atoms with Crippen molar-refractivity contribution >= 4 is 29.0 Å². The standard InChI is InChI=1S/C15H8N4O3.C13H3ClN4O.C13H3FN4O/c1-21-9-3-4-10(22-2)12-11(9)13-14(15(12)20)19-8(6-17)7(5-16)18-13;2*14-6-1-2-7-8(3-6)13(19)12-11(7)17-9(4-15)10(5-16)18-12/h3-4H,1-2H3;2*1-3H. The Labute approximate surface area is 341 Å². The number of carbonyl (C=O) groups excluding carboxylic acids is 3. The number of halogens is 2. The number of fused-ring (bicyclic) bond motifs is 9. The van der Waals surface area contributed by atoms with Crippen molar-refractivity contribution in [2.75, 3.05) is 14.2 Å². The van der Waals surface area contributed by atoms with Crippen molar-refractivity contribution < 1.29 is 28.2 Å². The molecule has 282 valence electrons. The largest absolute Gasteiger partial charge is 0.496 e. The first kappa shape index (κ1) is 38.9. The van der Waals surface area contributed by atoms with Crippen LogP contribution in [0.25, 0.3) is 33.8 Å². The number of ketones is 3. The highest BCUT2D eigenvalue weighted by Crippen LogP contribution is 2.45. The van der Waals surface area contributed by atoms with Crippen LogP contribution in [0.2, 0.25) is 5.02 Å². The Morgan fingerprint density at radius 2 is 0.833 bits per heavy atom. The third kappa shape index (κ3) is 6.19. The van der Waals surface area contributed by atoms with E-state index >= 15 is 0 Å². The normalized spacial score (nSPS) is 11.3. The van der Waals surface area contributed by atoms with Gasteiger partial charge in [0.05, 0.1) is 25.3 Å². The molecule has 0 unspecified atom stereocenters. The van der Waals surface area contributed by atoms with E-state index in [9.17, 15) is 18.8 Å². The summed E-state index contributed by atoms with van der Waals surface area (Å²) in [5, 5.41) is 54.1. The first-order chi connectivity index (χ1) is 29.0. The highest BCUT2D eigenvalue weighted by Gasteiger charge is 2.37. The van der Waals surface area contributed by atoms with E-state index in [0.717, 1.165) is 6.07 Å². The Morgan fingerprint density at radius 3 is 1.27 bits per heavy atom. The smallest absolute Gasteiger partial charge is 0.218 e. The molecule has 0 N–H and O–H groups in total. The Kier molecular flexibility index (Phi) is 9.93. The molecule has 17 nitrogen and oxygen atoms in total. The number of nitriles is 6. The topological polar surface area (TPSA) is 290 Å². The summed E-state index contributed by atoms with van der Waals surface area (Å²) < 4.78 is 23.6. The summed E-state index contributed by atoms with van der Waals surface area (Å²) in [7, 11) is 2.91. The van der Waals surface area contributed by atoms with Crippen molar-refractivity contribution in [2.45, 2.75) is 0 Å². The zero-order valence-electron chi connectivity index (χ0n) is 30.3. The maximum atomic E-state index is 13.2. The molecule has 0 radical (unpaired) electrons. The second kappa shape index (κ2) is 15.3. The highest BCUT2D eigenvalue weighted by molar-refractivity contribution is 6.32. The molecule has 0 saturated carbocycles. The minimum Gasteiger partial charge on any atom is -0.496 e. The molecular weight excluding hydrogens is 795 g/mol. The van der Waals surface area contributed by atoms with Crippen molar-refractivity contribution in [3.63, 3.8) is 0 Å². The molecule has 6 aromatic rings. The van der Waals surface area contributed by atoms with Crippen LogP contribution in [0.1, 0.15) is 82.3 Å². The lowest BCUT2D eigenvalue weighted by Crippen LogP contribution is -2.04. The predicted octanol–water partition coefficient (Wildman–Crippen LogP) is 5.10. The van der Waals surface area contributed by atoms with Crippen LogP contribution in [0.5, 0.6) is 11.5 Å². The number of aromatic nitrogens is 6. The van der Waals surface area contributed by atoms with E-state index in [0.29, 0.717) is 44.5 Å². The average molecular weight is 809 g/mol. The van der Waals surface area contributed by atoms with Gasteiger partial charge in [-0.2, -0.15) is 31.6 Å². The summed E-state index contributed by atoms with van der Waals surface area (Å²) in [5.74, 6) is -0.988. The first-order valence-corrected chi connectivity index (χ1v) is 17.0. The van der Waals surface area contributed by atoms with E-state index in [4.69, 9.17) is 52.6 Å². The second-order valence-corrected chi connectivity index (χ2v) is 12.5. The molecule has 3 heterocycles. The van der Waals surface area contributed by atoms with Gasteiger partial charge in [-0.25, -0.2) is 34.3 Å². The Hall–Kier alpha value is -9.33. The zero-order valence-corrected chi connectivity index (χ0v) is 31.0. The van der Waals surface area contributed by atoms with Crippen LogP contribution in [0.3, 0.4) is 0 Å². The van der Waals surface area contributed by atoms with Crippen LogP contribution in [-0.4, -0.2) is 61.5 Å². The van der Waals surface area contributed by atoms with Gasteiger partial charge in [0.15, 0.2) is 34.2 Å². The number of ether oxygens (including phenoxy) is 2. The minimum atomic E-state index is -0.541. The molecular formula is C41H14ClFN12O5. The quantitative estimate of drug-likeness (QED) is 0.219. The monoisotopic (exact) mass is 808 g/mol. The van der Waals surface area contributed by atoms with Gasteiger partial charge in [-0.3, -0.25) is 14.4 Å². The third-order valence-electron chi connectivity index (χ3n) is 8.96. The van der Waals surface area contributed by atoms with E-state index in [2.05, 4.69) is 29.9 Å². The molecule has 3 aromatic carbocycles. The lowest BCUT2D eigenvalue weighted by molar-refractivity contribution is 0.102. The van der Waals surface area contributed by atoms with E-state index < -0.39 is 17.4 Å². The van der Waals surface area contributed by atoms with Crippen molar-refractivity contribution in [2.24, 2.45) is 0 Å². The Morgan fingerprint density at radius 1 is 0.467 bits per heavy atom. The summed E-state index contributed by atoms with van der Waals surface area (Å²) in [4.78, 5) is 60.7. The van der Waals surface area contributed by atoms with Crippen molar-refractivity contribution in [3.05, 3.63) is 127 Å². The summed E-state index contributed by atoms with van der Waals surface area (Å²) in [6.45, 7) is 0. The number of benzene rings is 3. The fraction of sp³-hybridized carbons (Fsp3) is 0.0488. The second-order valence-electron chi connectivity index (χ2n) is 12.1. The molecule has 0 aliphatic heterocycles. The molecule has 0 atom stereocenters. The number of nitrogens with zero attached hydrogens (tertiary/aromatic N) is 12. The maximum absolute atomic E-state index is 13.2. The van der Waals surface area contributed by atoms with E-state index in [-0.39, 0.29) is 79.5 Å². The summed E-state index contributed by atoms with van der Waals surface area (Å²) >= 11 is 5.85. The lowest BCUT2D eigenvalue weighted by atomic mass is 10.1. The SMILES string of the molecule is COc1ccc(OC)c2c1C(=O)c1nc(C#N)c(C#N)nc1-2.N#Cc1nc2c(nc1C#N)-c1ccc(Cl)cc1C2=O.N#Cc1nc2c(nc1C#N)-c1ccc(F)cc1C2=O.